The molecule has 4 nitrogen and oxygen atoms in total. The van der Waals surface area contributed by atoms with E-state index in [1.807, 2.05) is 24.3 Å². The number of carboxylic acids is 1. The summed E-state index contributed by atoms with van der Waals surface area (Å²) in [5.74, 6) is -2.26. The maximum atomic E-state index is 10.9. The quantitative estimate of drug-likeness (QED) is 0.837. The number of rotatable bonds is 4. The van der Waals surface area contributed by atoms with E-state index >= 15 is 0 Å². The van der Waals surface area contributed by atoms with E-state index in [9.17, 15) is 9.90 Å². The van der Waals surface area contributed by atoms with Gasteiger partial charge in [0, 0.05) is 6.54 Å². The van der Waals surface area contributed by atoms with Gasteiger partial charge < -0.3 is 9.90 Å². The van der Waals surface area contributed by atoms with Crippen LogP contribution in [0.4, 0.5) is 0 Å². The highest BCUT2D eigenvalue weighted by atomic mass is 35.5. The van der Waals surface area contributed by atoms with Crippen LogP contribution >= 0.6 is 12.4 Å². The van der Waals surface area contributed by atoms with Crippen molar-refractivity contribution in [2.75, 3.05) is 13.1 Å². The van der Waals surface area contributed by atoms with Crippen LogP contribution in [0.15, 0.2) is 30.3 Å². The van der Waals surface area contributed by atoms with Gasteiger partial charge in [-0.1, -0.05) is 30.3 Å². The van der Waals surface area contributed by atoms with E-state index in [1.54, 1.807) is 0 Å². The molecule has 5 heteroatoms. The third-order valence-corrected chi connectivity index (χ3v) is 3.75. The third-order valence-electron chi connectivity index (χ3n) is 3.75. The molecule has 1 aromatic carbocycles. The number of halogens is 1. The number of benzene rings is 1. The summed E-state index contributed by atoms with van der Waals surface area (Å²) >= 11 is 0. The summed E-state index contributed by atoms with van der Waals surface area (Å²) in [5, 5.41) is 19.7. The van der Waals surface area contributed by atoms with Crippen molar-refractivity contribution in [3.8, 4) is 6.07 Å². The minimum atomic E-state index is -1.23. The lowest BCUT2D eigenvalue weighted by atomic mass is 9.85. The monoisotopic (exact) mass is 293 g/mol. The molecule has 1 unspecified atom stereocenters. The Morgan fingerprint density at radius 3 is 2.45 bits per heavy atom. The van der Waals surface area contributed by atoms with E-state index in [1.165, 1.54) is 5.56 Å². The van der Waals surface area contributed by atoms with E-state index in [2.05, 4.69) is 17.0 Å². The summed E-state index contributed by atoms with van der Waals surface area (Å²) < 4.78 is 0. The van der Waals surface area contributed by atoms with Crippen molar-refractivity contribution >= 4 is 18.4 Å². The van der Waals surface area contributed by atoms with Gasteiger partial charge in [-0.15, -0.1) is 12.4 Å². The Balaban J connectivity index is 0.00000200. The second kappa shape index (κ2) is 7.88. The van der Waals surface area contributed by atoms with E-state index in [-0.39, 0.29) is 18.3 Å². The molecule has 1 heterocycles. The van der Waals surface area contributed by atoms with Crippen molar-refractivity contribution in [1.29, 1.82) is 5.26 Å². The van der Waals surface area contributed by atoms with Crippen molar-refractivity contribution in [2.45, 2.75) is 19.4 Å². The second-order valence-corrected chi connectivity index (χ2v) is 5.02. The van der Waals surface area contributed by atoms with Gasteiger partial charge in [0.05, 0.1) is 18.0 Å². The molecule has 1 fully saturated rings. The topological polar surface area (TPSA) is 67.2 Å². The molecule has 108 valence electrons. The summed E-state index contributed by atoms with van der Waals surface area (Å²) in [5.41, 5.74) is 1.26. The minimum absolute atomic E-state index is 0. The van der Waals surface area contributed by atoms with Crippen molar-refractivity contribution in [3.63, 3.8) is 0 Å². The van der Waals surface area contributed by atoms with E-state index in [0.29, 0.717) is 0 Å². The van der Waals surface area contributed by atoms with Crippen LogP contribution in [0.2, 0.25) is 0 Å². The molecule has 1 aliphatic heterocycles. The van der Waals surface area contributed by atoms with E-state index < -0.39 is 11.9 Å². The molecule has 20 heavy (non-hydrogen) atoms. The highest BCUT2D eigenvalue weighted by molar-refractivity contribution is 5.85. The first-order valence-electron chi connectivity index (χ1n) is 6.57. The lowest BCUT2D eigenvalue weighted by Crippen LogP contribution is -2.41. The van der Waals surface area contributed by atoms with Crippen molar-refractivity contribution in [1.82, 2.24) is 4.90 Å². The molecule has 0 aromatic heterocycles. The van der Waals surface area contributed by atoms with Gasteiger partial charge in [-0.25, -0.2) is 0 Å². The fourth-order valence-electron chi connectivity index (χ4n) is 2.64. The molecule has 1 aliphatic rings. The highest BCUT2D eigenvalue weighted by Crippen LogP contribution is 2.25. The van der Waals surface area contributed by atoms with Gasteiger partial charge in [0.1, 0.15) is 0 Å². The third kappa shape index (κ3) is 4.22. The van der Waals surface area contributed by atoms with Gasteiger partial charge in [-0.3, -0.25) is 4.90 Å². The average molecular weight is 294 g/mol. The Bertz CT molecular complexity index is 465. The molecular formula is C15H18ClN2O2-. The molecule has 0 N–H and O–H groups in total. The summed E-state index contributed by atoms with van der Waals surface area (Å²) in [6.45, 7) is 2.56. The second-order valence-electron chi connectivity index (χ2n) is 5.02. The van der Waals surface area contributed by atoms with Crippen LogP contribution in [-0.4, -0.2) is 24.0 Å². The Morgan fingerprint density at radius 1 is 1.35 bits per heavy atom. The molecule has 2 rings (SSSR count). The number of hydrogen-bond acceptors (Lipinski definition) is 4. The predicted octanol–water partition coefficient (Wildman–Crippen LogP) is 1.21. The van der Waals surface area contributed by atoms with Crippen LogP contribution < -0.4 is 5.11 Å². The fourth-order valence-corrected chi connectivity index (χ4v) is 2.64. The minimum Gasteiger partial charge on any atom is -0.549 e. The highest BCUT2D eigenvalue weighted by Gasteiger charge is 2.27. The molecule has 0 amide bonds. The van der Waals surface area contributed by atoms with Gasteiger partial charge >= 0.3 is 0 Å². The molecular weight excluding hydrogens is 276 g/mol. The van der Waals surface area contributed by atoms with Crippen LogP contribution in [-0.2, 0) is 11.3 Å². The van der Waals surface area contributed by atoms with Crippen molar-refractivity contribution in [3.05, 3.63) is 35.9 Å². The molecule has 0 saturated carbocycles. The SMILES string of the molecule is Cl.N#CC(C(=O)[O-])C1CCN(Cc2ccccc2)CC1. The number of nitriles is 1. The summed E-state index contributed by atoms with van der Waals surface area (Å²) in [6.07, 6.45) is 1.50. The first-order valence-corrected chi connectivity index (χ1v) is 6.57. The van der Waals surface area contributed by atoms with Gasteiger partial charge in [0.2, 0.25) is 0 Å². The van der Waals surface area contributed by atoms with Crippen LogP contribution in [0.25, 0.3) is 0 Å². The number of hydrogen-bond donors (Lipinski definition) is 0. The standard InChI is InChI=1S/C15H18N2O2.ClH/c16-10-14(15(18)19)13-6-8-17(9-7-13)11-12-4-2-1-3-5-12;/h1-5,13-14H,6-9,11H2,(H,18,19);1H/p-1. The Kier molecular flexibility index (Phi) is 6.50. The summed E-state index contributed by atoms with van der Waals surface area (Å²) in [7, 11) is 0. The van der Waals surface area contributed by atoms with Gasteiger partial charge in [-0.2, -0.15) is 5.26 Å². The Hall–Kier alpha value is -1.57. The van der Waals surface area contributed by atoms with Crippen LogP contribution in [0, 0.1) is 23.2 Å². The number of nitrogens with zero attached hydrogens (tertiary/aromatic N) is 2. The normalized spacial score (nSPS) is 17.8. The number of likely N-dealkylation sites (tertiary alicyclic amines) is 1. The summed E-state index contributed by atoms with van der Waals surface area (Å²) in [6, 6.07) is 12.1. The van der Waals surface area contributed by atoms with Gasteiger partial charge in [0.25, 0.3) is 0 Å². The van der Waals surface area contributed by atoms with E-state index in [4.69, 9.17) is 5.26 Å². The number of piperidine rings is 1. The predicted molar refractivity (Wildman–Crippen MR) is 75.8 cm³/mol. The Morgan fingerprint density at radius 2 is 1.95 bits per heavy atom. The lowest BCUT2D eigenvalue weighted by Gasteiger charge is -2.34. The smallest absolute Gasteiger partial charge is 0.0887 e. The fraction of sp³-hybridized carbons (Fsp3) is 0.467. The molecule has 0 aliphatic carbocycles. The van der Waals surface area contributed by atoms with Gasteiger partial charge in [0.15, 0.2) is 0 Å². The number of aliphatic carboxylic acids is 1. The van der Waals surface area contributed by atoms with Crippen LogP contribution in [0.1, 0.15) is 18.4 Å². The maximum Gasteiger partial charge on any atom is 0.0887 e. The average Bonchev–Trinajstić information content (AvgIpc) is 2.42. The number of carbonyl (C=O) groups is 1. The van der Waals surface area contributed by atoms with Crippen LogP contribution in [0.3, 0.4) is 0 Å². The summed E-state index contributed by atoms with van der Waals surface area (Å²) in [4.78, 5) is 13.2. The van der Waals surface area contributed by atoms with Crippen LogP contribution in [0.5, 0.6) is 0 Å². The van der Waals surface area contributed by atoms with Gasteiger partial charge in [-0.05, 0) is 37.4 Å². The van der Waals surface area contributed by atoms with Crippen molar-refractivity contribution in [2.24, 2.45) is 11.8 Å². The zero-order chi connectivity index (χ0) is 13.7. The molecule has 0 bridgehead atoms. The zero-order valence-corrected chi connectivity index (χ0v) is 12.0. The zero-order valence-electron chi connectivity index (χ0n) is 11.2. The molecule has 1 aromatic rings. The largest absolute Gasteiger partial charge is 0.549 e. The molecule has 0 spiro atoms. The number of carbonyl (C=O) groups excluding carboxylic acids is 1. The first-order chi connectivity index (χ1) is 9.20. The van der Waals surface area contributed by atoms with Crippen molar-refractivity contribution < 1.29 is 9.90 Å². The maximum absolute atomic E-state index is 10.9. The molecule has 0 radical (unpaired) electrons. The number of carboxylic acid groups (broad SMARTS) is 1. The molecule has 1 saturated heterocycles. The first kappa shape index (κ1) is 16.5. The lowest BCUT2D eigenvalue weighted by molar-refractivity contribution is -0.311. The molecule has 1 atom stereocenters. The Labute approximate surface area is 125 Å². The van der Waals surface area contributed by atoms with E-state index in [0.717, 1.165) is 32.5 Å².